The van der Waals surface area contributed by atoms with Crippen LogP contribution in [0.3, 0.4) is 0 Å². The van der Waals surface area contributed by atoms with Gasteiger partial charge in [0.05, 0.1) is 5.56 Å². The second kappa shape index (κ2) is 8.07. The summed E-state index contributed by atoms with van der Waals surface area (Å²) in [7, 11) is 0. The largest absolute Gasteiger partial charge is 0.479 e. The fraction of sp³-hybridized carbons (Fsp3) is 0.435. The lowest BCUT2D eigenvalue weighted by Gasteiger charge is -2.35. The molecule has 4 N–H and O–H groups in total. The van der Waals surface area contributed by atoms with E-state index >= 15 is 0 Å². The highest BCUT2D eigenvalue weighted by atomic mass is 16.4. The number of amides is 1. The molecule has 7 heteroatoms. The highest BCUT2D eigenvalue weighted by Gasteiger charge is 2.58. The molecule has 1 amide bonds. The number of hydrogen-bond acceptors (Lipinski definition) is 4. The number of Topliss-reactive ketones (excluding diaryl/α,β-unsaturated/α-hetero) is 1. The van der Waals surface area contributed by atoms with Crippen molar-refractivity contribution in [3.8, 4) is 0 Å². The Hall–Kier alpha value is -2.93. The number of aliphatic carboxylic acids is 1. The Labute approximate surface area is 174 Å². The van der Waals surface area contributed by atoms with Gasteiger partial charge in [-0.05, 0) is 49.4 Å². The van der Waals surface area contributed by atoms with Crippen molar-refractivity contribution in [1.29, 1.82) is 0 Å². The van der Waals surface area contributed by atoms with Crippen molar-refractivity contribution >= 4 is 28.6 Å². The number of ketones is 1. The summed E-state index contributed by atoms with van der Waals surface area (Å²) in [4.78, 5) is 43.2. The summed E-state index contributed by atoms with van der Waals surface area (Å²) in [6, 6.07) is 7.26. The summed E-state index contributed by atoms with van der Waals surface area (Å²) in [6.45, 7) is 0.562. The maximum Gasteiger partial charge on any atom is 0.338 e. The van der Waals surface area contributed by atoms with Crippen molar-refractivity contribution in [2.24, 2.45) is 11.7 Å². The third-order valence-electron chi connectivity index (χ3n) is 6.39. The number of carbonyl (C=O) groups excluding carboxylic acids is 2. The molecule has 0 radical (unpaired) electrons. The zero-order chi connectivity index (χ0) is 21.3. The number of aromatic amines is 1. The van der Waals surface area contributed by atoms with Crippen molar-refractivity contribution in [3.63, 3.8) is 0 Å². The number of nitrogens with two attached hydrogens (primary N) is 1. The standard InChI is InChI=1S/C23H27N3O4/c24-11-10-16-12-23(16,22(29)30)26(14-15-6-2-1-3-7-15)21(28)20(27)18-13-25-19-9-5-4-8-17(18)19/h4-5,8-9,12-13,15,25H,1-3,6-7,10-11,14,24H2,(H,29,30). The van der Waals surface area contributed by atoms with E-state index < -0.39 is 23.2 Å². The third kappa shape index (κ3) is 3.43. The Morgan fingerprint density at radius 1 is 1.17 bits per heavy atom. The molecule has 1 saturated carbocycles. The minimum Gasteiger partial charge on any atom is -0.479 e. The maximum atomic E-state index is 13.4. The number of carboxylic acid groups (broad SMARTS) is 1. The van der Waals surface area contributed by atoms with Crippen molar-refractivity contribution in [2.45, 2.75) is 44.1 Å². The lowest BCUT2D eigenvalue weighted by atomic mass is 9.88. The van der Waals surface area contributed by atoms with Crippen LogP contribution in [-0.2, 0) is 9.59 Å². The van der Waals surface area contributed by atoms with Crippen LogP contribution >= 0.6 is 0 Å². The van der Waals surface area contributed by atoms with Crippen LogP contribution in [0.25, 0.3) is 10.9 Å². The third-order valence-corrected chi connectivity index (χ3v) is 6.39. The number of nitrogens with one attached hydrogen (secondary N) is 1. The fourth-order valence-electron chi connectivity index (χ4n) is 4.71. The number of carbonyl (C=O) groups is 3. The molecule has 2 aromatic rings. The van der Waals surface area contributed by atoms with E-state index in [1.165, 1.54) is 11.1 Å². The summed E-state index contributed by atoms with van der Waals surface area (Å²) in [5, 5.41) is 10.7. The van der Waals surface area contributed by atoms with E-state index in [4.69, 9.17) is 5.73 Å². The number of para-hydroxylation sites is 1. The van der Waals surface area contributed by atoms with Gasteiger partial charge in [0.15, 0.2) is 5.54 Å². The number of hydrogen-bond donors (Lipinski definition) is 3. The number of benzene rings is 1. The summed E-state index contributed by atoms with van der Waals surface area (Å²) in [5.74, 6) is -2.38. The number of rotatable bonds is 8. The number of nitrogens with zero attached hydrogens (tertiary/aromatic N) is 1. The molecule has 1 aromatic heterocycles. The first kappa shape index (κ1) is 20.3. The van der Waals surface area contributed by atoms with Crippen molar-refractivity contribution in [2.75, 3.05) is 13.1 Å². The number of aromatic nitrogens is 1. The topological polar surface area (TPSA) is 116 Å². The Morgan fingerprint density at radius 2 is 1.90 bits per heavy atom. The molecule has 0 aliphatic heterocycles. The second-order valence-electron chi connectivity index (χ2n) is 8.28. The molecule has 1 unspecified atom stereocenters. The first-order valence-electron chi connectivity index (χ1n) is 10.6. The molecule has 2 aliphatic carbocycles. The molecule has 158 valence electrons. The van der Waals surface area contributed by atoms with Gasteiger partial charge in [0, 0.05) is 23.6 Å². The molecule has 4 rings (SSSR count). The Kier molecular flexibility index (Phi) is 5.47. The van der Waals surface area contributed by atoms with Crippen LogP contribution in [0.5, 0.6) is 0 Å². The molecular weight excluding hydrogens is 382 g/mol. The normalized spacial score (nSPS) is 21.3. The highest BCUT2D eigenvalue weighted by Crippen LogP contribution is 2.44. The molecule has 0 spiro atoms. The van der Waals surface area contributed by atoms with Crippen LogP contribution in [0.1, 0.15) is 48.9 Å². The smallest absolute Gasteiger partial charge is 0.338 e. The Bertz CT molecular complexity index is 1020. The summed E-state index contributed by atoms with van der Waals surface area (Å²) in [5.41, 5.74) is 5.76. The number of fused-ring (bicyclic) bond motifs is 1. The van der Waals surface area contributed by atoms with Crippen LogP contribution < -0.4 is 5.73 Å². The van der Waals surface area contributed by atoms with E-state index in [-0.39, 0.29) is 18.0 Å². The van der Waals surface area contributed by atoms with E-state index in [1.54, 1.807) is 18.2 Å². The second-order valence-corrected chi connectivity index (χ2v) is 8.28. The molecule has 0 saturated heterocycles. The monoisotopic (exact) mass is 409 g/mol. The predicted molar refractivity (Wildman–Crippen MR) is 113 cm³/mol. The molecule has 0 bridgehead atoms. The van der Waals surface area contributed by atoms with Gasteiger partial charge < -0.3 is 20.7 Å². The van der Waals surface area contributed by atoms with Gasteiger partial charge in [0.25, 0.3) is 11.7 Å². The molecule has 2 aliphatic rings. The average molecular weight is 409 g/mol. The van der Waals surface area contributed by atoms with Crippen molar-refractivity contribution < 1.29 is 19.5 Å². The van der Waals surface area contributed by atoms with Gasteiger partial charge in [-0.3, -0.25) is 9.59 Å². The molecule has 1 fully saturated rings. The van der Waals surface area contributed by atoms with Crippen molar-refractivity contribution in [3.05, 3.63) is 47.7 Å². The summed E-state index contributed by atoms with van der Waals surface area (Å²) < 4.78 is 0. The van der Waals surface area contributed by atoms with Crippen LogP contribution in [0.2, 0.25) is 0 Å². The van der Waals surface area contributed by atoms with Gasteiger partial charge in [-0.2, -0.15) is 0 Å². The van der Waals surface area contributed by atoms with Gasteiger partial charge in [-0.15, -0.1) is 0 Å². The molecule has 7 nitrogen and oxygen atoms in total. The number of carboxylic acids is 1. The van der Waals surface area contributed by atoms with E-state index in [0.717, 1.165) is 37.6 Å². The molecular formula is C23H27N3O4. The van der Waals surface area contributed by atoms with Gasteiger partial charge in [-0.1, -0.05) is 37.5 Å². The van der Waals surface area contributed by atoms with Gasteiger partial charge in [-0.25, -0.2) is 4.79 Å². The Balaban J connectivity index is 1.67. The summed E-state index contributed by atoms with van der Waals surface area (Å²) >= 11 is 0. The maximum absolute atomic E-state index is 13.4. The zero-order valence-corrected chi connectivity index (χ0v) is 16.9. The molecule has 1 atom stereocenters. The van der Waals surface area contributed by atoms with Gasteiger partial charge >= 0.3 is 5.97 Å². The van der Waals surface area contributed by atoms with Crippen LogP contribution in [-0.4, -0.2) is 51.3 Å². The van der Waals surface area contributed by atoms with Crippen LogP contribution in [0.15, 0.2) is 42.1 Å². The molecule has 1 heterocycles. The van der Waals surface area contributed by atoms with Gasteiger partial charge in [0.1, 0.15) is 0 Å². The lowest BCUT2D eigenvalue weighted by Crippen LogP contribution is -2.54. The van der Waals surface area contributed by atoms with Crippen molar-refractivity contribution in [1.82, 2.24) is 9.88 Å². The number of H-pyrrole nitrogens is 1. The molecule has 30 heavy (non-hydrogen) atoms. The minimum atomic E-state index is -1.52. The predicted octanol–water partition coefficient (Wildman–Crippen LogP) is 2.87. The summed E-state index contributed by atoms with van der Waals surface area (Å²) in [6.07, 6.45) is 8.64. The highest BCUT2D eigenvalue weighted by molar-refractivity contribution is 6.45. The fourth-order valence-corrected chi connectivity index (χ4v) is 4.71. The van der Waals surface area contributed by atoms with E-state index in [0.29, 0.717) is 23.9 Å². The quantitative estimate of drug-likeness (QED) is 0.352. The average Bonchev–Trinajstić information content (AvgIpc) is 3.32. The molecule has 1 aromatic carbocycles. The van der Waals surface area contributed by atoms with Crippen LogP contribution in [0, 0.1) is 5.92 Å². The minimum absolute atomic E-state index is 0.197. The van der Waals surface area contributed by atoms with Gasteiger partial charge in [0.2, 0.25) is 0 Å². The lowest BCUT2D eigenvalue weighted by molar-refractivity contribution is -0.150. The SMILES string of the molecule is NCCC1=CC1(C(=O)O)N(CC1CCCCC1)C(=O)C(=O)c1c[nH]c2ccccc12. The Morgan fingerprint density at radius 3 is 2.60 bits per heavy atom. The van der Waals surface area contributed by atoms with Crippen LogP contribution in [0.4, 0.5) is 0 Å². The first-order chi connectivity index (χ1) is 14.5. The van der Waals surface area contributed by atoms with E-state index in [2.05, 4.69) is 4.98 Å². The first-order valence-corrected chi connectivity index (χ1v) is 10.6. The zero-order valence-electron chi connectivity index (χ0n) is 16.9. The van der Waals surface area contributed by atoms with E-state index in [1.807, 2.05) is 12.1 Å². The van der Waals surface area contributed by atoms with E-state index in [9.17, 15) is 19.5 Å².